The van der Waals surface area contributed by atoms with Gasteiger partial charge in [-0.3, -0.25) is 14.6 Å². The van der Waals surface area contributed by atoms with Crippen molar-refractivity contribution in [3.63, 3.8) is 0 Å². The summed E-state index contributed by atoms with van der Waals surface area (Å²) < 4.78 is 1.78. The number of benzene rings is 1. The molecule has 0 saturated carbocycles. The average molecular weight is 394 g/mol. The van der Waals surface area contributed by atoms with Gasteiger partial charge in [0.25, 0.3) is 5.56 Å². The first-order valence-electron chi connectivity index (χ1n) is 9.92. The number of H-pyrrole nitrogens is 1. The summed E-state index contributed by atoms with van der Waals surface area (Å²) in [7, 11) is 0. The van der Waals surface area contributed by atoms with Gasteiger partial charge >= 0.3 is 0 Å². The molecule has 0 unspecified atom stereocenters. The molecule has 8 nitrogen and oxygen atoms in total. The van der Waals surface area contributed by atoms with E-state index >= 15 is 0 Å². The van der Waals surface area contributed by atoms with Gasteiger partial charge in [0.2, 0.25) is 11.9 Å². The molecular formula is C21H26N6O2. The molecule has 29 heavy (non-hydrogen) atoms. The zero-order valence-corrected chi connectivity index (χ0v) is 17.0. The topological polar surface area (TPSA) is 95.9 Å². The highest BCUT2D eigenvalue weighted by atomic mass is 16.2. The van der Waals surface area contributed by atoms with Gasteiger partial charge in [-0.05, 0) is 45.7 Å². The minimum absolute atomic E-state index is 0.0403. The molecule has 1 aliphatic heterocycles. The third-order valence-electron chi connectivity index (χ3n) is 5.27. The number of carbonyl (C=O) groups excluding carboxylic acids is 1. The van der Waals surface area contributed by atoms with Gasteiger partial charge in [0.05, 0.1) is 11.7 Å². The fourth-order valence-corrected chi connectivity index (χ4v) is 3.67. The molecule has 0 atom stereocenters. The smallest absolute Gasteiger partial charge is 0.263 e. The van der Waals surface area contributed by atoms with E-state index in [1.54, 1.807) is 10.9 Å². The van der Waals surface area contributed by atoms with Crippen LogP contribution >= 0.6 is 0 Å². The number of hydrogen-bond donors (Lipinski definition) is 2. The summed E-state index contributed by atoms with van der Waals surface area (Å²) in [6, 6.07) is 9.49. The van der Waals surface area contributed by atoms with Crippen LogP contribution in [-0.4, -0.2) is 38.7 Å². The number of aromatic nitrogens is 4. The van der Waals surface area contributed by atoms with Crippen molar-refractivity contribution in [1.29, 1.82) is 0 Å². The molecule has 3 heterocycles. The van der Waals surface area contributed by atoms with Crippen LogP contribution in [0.5, 0.6) is 0 Å². The first-order chi connectivity index (χ1) is 13.8. The molecule has 0 bridgehead atoms. The van der Waals surface area contributed by atoms with Crippen LogP contribution in [0.1, 0.15) is 33.6 Å². The van der Waals surface area contributed by atoms with Gasteiger partial charge in [0, 0.05) is 24.7 Å². The van der Waals surface area contributed by atoms with Crippen LogP contribution in [0.25, 0.3) is 11.0 Å². The summed E-state index contributed by atoms with van der Waals surface area (Å²) in [6.45, 7) is 7.40. The number of nitrogens with one attached hydrogen (secondary N) is 2. The Morgan fingerprint density at radius 1 is 1.17 bits per heavy atom. The highest BCUT2D eigenvalue weighted by Crippen LogP contribution is 2.24. The van der Waals surface area contributed by atoms with Crippen molar-refractivity contribution in [2.75, 3.05) is 23.3 Å². The molecule has 0 spiro atoms. The Labute approximate surface area is 168 Å². The van der Waals surface area contributed by atoms with Crippen LogP contribution in [0, 0.1) is 5.92 Å². The lowest BCUT2D eigenvalue weighted by molar-refractivity contribution is -0.120. The van der Waals surface area contributed by atoms with Gasteiger partial charge in [0.15, 0.2) is 5.65 Å². The molecule has 4 rings (SSSR count). The second-order valence-electron chi connectivity index (χ2n) is 8.47. The largest absolute Gasteiger partial charge is 0.342 e. The first-order valence-corrected chi connectivity index (χ1v) is 9.92. The van der Waals surface area contributed by atoms with Crippen molar-refractivity contribution in [2.24, 2.45) is 5.92 Å². The number of nitrogens with zero attached hydrogens (tertiary/aromatic N) is 4. The SMILES string of the molecule is CC(C)(C)n1ncc2c(=O)[nH]c(N3CCC(C(=O)Nc4ccccc4)CC3)nc21. The van der Waals surface area contributed by atoms with Crippen molar-refractivity contribution in [3.05, 3.63) is 46.9 Å². The number of rotatable bonds is 3. The Bertz CT molecular complexity index is 1070. The quantitative estimate of drug-likeness (QED) is 0.712. The summed E-state index contributed by atoms with van der Waals surface area (Å²) in [5.74, 6) is 0.524. The second kappa shape index (κ2) is 7.35. The Morgan fingerprint density at radius 2 is 1.86 bits per heavy atom. The molecule has 3 aromatic rings. The maximum atomic E-state index is 12.5. The van der Waals surface area contributed by atoms with E-state index in [0.29, 0.717) is 42.9 Å². The first kappa shape index (κ1) is 19.2. The van der Waals surface area contributed by atoms with Crippen LogP contribution in [0.15, 0.2) is 41.3 Å². The molecule has 1 aliphatic rings. The van der Waals surface area contributed by atoms with E-state index in [1.165, 1.54) is 0 Å². The number of para-hydroxylation sites is 1. The van der Waals surface area contributed by atoms with Crippen molar-refractivity contribution in [1.82, 2.24) is 19.7 Å². The normalized spacial score (nSPS) is 15.6. The zero-order valence-electron chi connectivity index (χ0n) is 17.0. The van der Waals surface area contributed by atoms with Crippen molar-refractivity contribution < 1.29 is 4.79 Å². The van der Waals surface area contributed by atoms with Crippen molar-refractivity contribution in [3.8, 4) is 0 Å². The molecule has 0 radical (unpaired) electrons. The monoisotopic (exact) mass is 394 g/mol. The van der Waals surface area contributed by atoms with E-state index in [9.17, 15) is 9.59 Å². The maximum absolute atomic E-state index is 12.5. The minimum atomic E-state index is -0.275. The summed E-state index contributed by atoms with van der Waals surface area (Å²) in [6.07, 6.45) is 2.98. The zero-order chi connectivity index (χ0) is 20.6. The molecule has 152 valence electrons. The van der Waals surface area contributed by atoms with E-state index in [1.807, 2.05) is 56.0 Å². The lowest BCUT2D eigenvalue weighted by Gasteiger charge is -2.31. The summed E-state index contributed by atoms with van der Waals surface area (Å²) in [5, 5.41) is 7.82. The van der Waals surface area contributed by atoms with Gasteiger partial charge in [-0.2, -0.15) is 10.1 Å². The van der Waals surface area contributed by atoms with Gasteiger partial charge in [-0.25, -0.2) is 4.68 Å². The number of hydrogen-bond acceptors (Lipinski definition) is 5. The number of piperidine rings is 1. The van der Waals surface area contributed by atoms with Crippen LogP contribution in [-0.2, 0) is 10.3 Å². The number of fused-ring (bicyclic) bond motifs is 1. The van der Waals surface area contributed by atoms with Gasteiger partial charge in [-0.15, -0.1) is 0 Å². The van der Waals surface area contributed by atoms with E-state index < -0.39 is 0 Å². The Balaban J connectivity index is 1.49. The number of carbonyl (C=O) groups is 1. The predicted octanol–water partition coefficient (Wildman–Crippen LogP) is 2.73. The van der Waals surface area contributed by atoms with E-state index in [0.717, 1.165) is 5.69 Å². The Hall–Kier alpha value is -3.16. The molecule has 8 heteroatoms. The van der Waals surface area contributed by atoms with Crippen LogP contribution in [0.4, 0.5) is 11.6 Å². The fourth-order valence-electron chi connectivity index (χ4n) is 3.67. The molecule has 1 fully saturated rings. The van der Waals surface area contributed by atoms with E-state index in [-0.39, 0.29) is 22.9 Å². The van der Waals surface area contributed by atoms with Gasteiger partial charge < -0.3 is 10.2 Å². The molecular weight excluding hydrogens is 368 g/mol. The lowest BCUT2D eigenvalue weighted by Crippen LogP contribution is -2.39. The maximum Gasteiger partial charge on any atom is 0.263 e. The van der Waals surface area contributed by atoms with Crippen LogP contribution < -0.4 is 15.8 Å². The minimum Gasteiger partial charge on any atom is -0.342 e. The average Bonchev–Trinajstić information content (AvgIpc) is 3.14. The highest BCUT2D eigenvalue weighted by Gasteiger charge is 2.27. The molecule has 2 N–H and O–H groups in total. The fraction of sp³-hybridized carbons (Fsp3) is 0.429. The van der Waals surface area contributed by atoms with Crippen LogP contribution in [0.2, 0.25) is 0 Å². The third kappa shape index (κ3) is 3.87. The predicted molar refractivity (Wildman–Crippen MR) is 113 cm³/mol. The summed E-state index contributed by atoms with van der Waals surface area (Å²) >= 11 is 0. The van der Waals surface area contributed by atoms with Gasteiger partial charge in [-0.1, -0.05) is 18.2 Å². The highest BCUT2D eigenvalue weighted by molar-refractivity contribution is 5.92. The lowest BCUT2D eigenvalue weighted by atomic mass is 9.96. The van der Waals surface area contributed by atoms with Gasteiger partial charge in [0.1, 0.15) is 5.39 Å². The number of aromatic amines is 1. The van der Waals surface area contributed by atoms with E-state index in [2.05, 4.69) is 15.4 Å². The second-order valence-corrected chi connectivity index (χ2v) is 8.47. The number of anilines is 2. The van der Waals surface area contributed by atoms with Crippen LogP contribution in [0.3, 0.4) is 0 Å². The third-order valence-corrected chi connectivity index (χ3v) is 5.27. The van der Waals surface area contributed by atoms with Crippen molar-refractivity contribution in [2.45, 2.75) is 39.2 Å². The molecule has 2 aromatic heterocycles. The number of amides is 1. The Morgan fingerprint density at radius 3 is 2.52 bits per heavy atom. The molecule has 0 aliphatic carbocycles. The molecule has 1 saturated heterocycles. The summed E-state index contributed by atoms with van der Waals surface area (Å²) in [5.41, 5.74) is 0.930. The molecule has 1 aromatic carbocycles. The van der Waals surface area contributed by atoms with E-state index in [4.69, 9.17) is 4.98 Å². The standard InChI is InChI=1S/C21H26N6O2/c1-21(2,3)27-17-16(13-22-27)19(29)25-20(24-17)26-11-9-14(10-12-26)18(28)23-15-7-5-4-6-8-15/h4-8,13-14H,9-12H2,1-3H3,(H,23,28)(H,24,25,29). The Kier molecular flexibility index (Phi) is 4.86. The van der Waals surface area contributed by atoms with Crippen molar-refractivity contribution >= 4 is 28.6 Å². The summed E-state index contributed by atoms with van der Waals surface area (Å²) in [4.78, 5) is 34.7. The molecule has 1 amide bonds.